The van der Waals surface area contributed by atoms with E-state index in [2.05, 4.69) is 10.1 Å². The van der Waals surface area contributed by atoms with Crippen molar-refractivity contribution in [2.75, 3.05) is 13.1 Å². The predicted molar refractivity (Wildman–Crippen MR) is 149 cm³/mol. The number of aromatic carboxylic acids is 1. The van der Waals surface area contributed by atoms with Gasteiger partial charge >= 0.3 is 12.1 Å². The Balaban J connectivity index is 1.37. The highest BCUT2D eigenvalue weighted by Gasteiger charge is 2.41. The zero-order valence-corrected chi connectivity index (χ0v) is 23.2. The molecule has 5 rings (SSSR count). The Morgan fingerprint density at radius 3 is 2.52 bits per heavy atom. The first-order valence-electron chi connectivity index (χ1n) is 13.2. The van der Waals surface area contributed by atoms with E-state index in [0.29, 0.717) is 35.2 Å². The van der Waals surface area contributed by atoms with Crippen molar-refractivity contribution in [1.29, 1.82) is 0 Å². The number of carbonyl (C=O) groups excluding carboxylic acids is 1. The Morgan fingerprint density at radius 2 is 1.83 bits per heavy atom. The summed E-state index contributed by atoms with van der Waals surface area (Å²) in [5.41, 5.74) is 0.297. The third-order valence-electron chi connectivity index (χ3n) is 7.14. The molecule has 1 unspecified atom stereocenters. The number of hydrogen-bond donors (Lipinski definition) is 1. The van der Waals surface area contributed by atoms with E-state index >= 15 is 0 Å². The van der Waals surface area contributed by atoms with Gasteiger partial charge in [-0.3, -0.25) is 4.79 Å². The van der Waals surface area contributed by atoms with Gasteiger partial charge in [0, 0.05) is 31.0 Å². The van der Waals surface area contributed by atoms with Gasteiger partial charge in [-0.25, -0.2) is 14.5 Å². The molecule has 1 N–H and O–H groups in total. The highest BCUT2D eigenvalue weighted by molar-refractivity contribution is 6.32. The fourth-order valence-electron chi connectivity index (χ4n) is 5.02. The Kier molecular flexibility index (Phi) is 8.22. The zero-order valence-electron chi connectivity index (χ0n) is 22.4. The van der Waals surface area contributed by atoms with E-state index in [1.165, 1.54) is 12.1 Å². The van der Waals surface area contributed by atoms with Crippen molar-refractivity contribution in [1.82, 2.24) is 19.7 Å². The van der Waals surface area contributed by atoms with E-state index in [1.807, 2.05) is 36.1 Å². The van der Waals surface area contributed by atoms with Gasteiger partial charge in [0.25, 0.3) is 0 Å². The van der Waals surface area contributed by atoms with E-state index in [-0.39, 0.29) is 35.0 Å². The molecule has 42 heavy (non-hydrogen) atoms. The number of benzene rings is 2. The smallest absolute Gasteiger partial charge is 0.434 e. The summed E-state index contributed by atoms with van der Waals surface area (Å²) in [6.45, 7) is 3.49. The Bertz CT molecular complexity index is 1620. The van der Waals surface area contributed by atoms with E-state index < -0.39 is 23.4 Å². The minimum Gasteiger partial charge on any atom is -0.487 e. The summed E-state index contributed by atoms with van der Waals surface area (Å²) in [5, 5.41) is 13.2. The normalized spacial score (nSPS) is 15.2. The van der Waals surface area contributed by atoms with Crippen LogP contribution in [-0.2, 0) is 17.6 Å². The number of hydrogen-bond acceptors (Lipinski definition) is 5. The Morgan fingerprint density at radius 1 is 1.10 bits per heavy atom. The number of carboxylic acid groups (broad SMARTS) is 1. The third kappa shape index (κ3) is 5.96. The van der Waals surface area contributed by atoms with E-state index in [1.54, 1.807) is 24.3 Å². The largest absolute Gasteiger partial charge is 0.487 e. The lowest BCUT2D eigenvalue weighted by molar-refractivity contribution is -0.143. The lowest BCUT2D eigenvalue weighted by Crippen LogP contribution is -2.27. The molecule has 1 aliphatic rings. The zero-order chi connectivity index (χ0) is 30.0. The maximum atomic E-state index is 13.8. The van der Waals surface area contributed by atoms with Gasteiger partial charge in [-0.1, -0.05) is 54.9 Å². The highest BCUT2D eigenvalue weighted by atomic mass is 35.5. The number of ether oxygens (including phenoxy) is 1. The van der Waals surface area contributed by atoms with Crippen LogP contribution in [-0.4, -0.2) is 49.7 Å². The van der Waals surface area contributed by atoms with Crippen LogP contribution in [0.25, 0.3) is 17.1 Å². The number of nitrogens with zero attached hydrogens (tertiary/aromatic N) is 4. The fraction of sp³-hybridized carbons (Fsp3) is 0.267. The van der Waals surface area contributed by atoms with Gasteiger partial charge in [0.15, 0.2) is 11.5 Å². The molecule has 1 saturated heterocycles. The molecule has 0 radical (unpaired) electrons. The highest BCUT2D eigenvalue weighted by Crippen LogP contribution is 2.38. The first kappa shape index (κ1) is 29.1. The van der Waals surface area contributed by atoms with Crippen molar-refractivity contribution in [3.8, 4) is 22.8 Å². The molecule has 0 bridgehead atoms. The quantitative estimate of drug-likeness (QED) is 0.245. The lowest BCUT2D eigenvalue weighted by atomic mass is 9.97. The van der Waals surface area contributed by atoms with Gasteiger partial charge in [0.1, 0.15) is 17.9 Å². The molecule has 0 spiro atoms. The second-order valence-electron chi connectivity index (χ2n) is 9.83. The number of carboxylic acids is 1. The summed E-state index contributed by atoms with van der Waals surface area (Å²) < 4.78 is 47.8. The Labute approximate surface area is 244 Å². The molecule has 2 aromatic heterocycles. The molecule has 1 amide bonds. The molecule has 8 nitrogen and oxygen atoms in total. The first-order chi connectivity index (χ1) is 20.1. The molecular formula is C30H26ClF3N4O4. The molecule has 12 heteroatoms. The van der Waals surface area contributed by atoms with Crippen molar-refractivity contribution >= 4 is 23.5 Å². The topological polar surface area (TPSA) is 97.6 Å². The maximum absolute atomic E-state index is 13.8. The van der Waals surface area contributed by atoms with Crippen molar-refractivity contribution in [3.05, 3.63) is 94.3 Å². The summed E-state index contributed by atoms with van der Waals surface area (Å²) in [6.07, 6.45) is -2.93. The SMILES string of the molecule is CCC(=O)N1CCC(c2ccc(COc3c(Cl)cccc3-c3cccc(-n4ncc(C(=O)O)c4C(F)(F)F)n3)cc2)C1. The first-order valence-corrected chi connectivity index (χ1v) is 13.6. The number of carbonyl (C=O) groups is 2. The van der Waals surface area contributed by atoms with Crippen molar-refractivity contribution in [2.45, 2.75) is 38.5 Å². The van der Waals surface area contributed by atoms with Gasteiger partial charge in [-0.05, 0) is 41.8 Å². The third-order valence-corrected chi connectivity index (χ3v) is 7.44. The number of amides is 1. The molecule has 3 heterocycles. The molecule has 4 aromatic rings. The summed E-state index contributed by atoms with van der Waals surface area (Å²) in [4.78, 5) is 29.6. The number of likely N-dealkylation sites (tertiary alicyclic amines) is 1. The molecule has 1 atom stereocenters. The minimum atomic E-state index is -4.98. The second-order valence-corrected chi connectivity index (χ2v) is 10.2. The second kappa shape index (κ2) is 11.8. The monoisotopic (exact) mass is 598 g/mol. The summed E-state index contributed by atoms with van der Waals surface area (Å²) >= 11 is 6.47. The standard InChI is InChI=1S/C30H26ClF3N4O4/c1-2-26(39)37-14-13-20(16-37)19-11-9-18(10-12-19)17-42-27-21(5-3-6-23(27)31)24-7-4-8-25(36-24)38-28(30(32,33)34)22(15-35-38)29(40)41/h3-12,15,20H,2,13-14,16-17H2,1H3,(H,40,41). The van der Waals surface area contributed by atoms with Gasteiger partial charge in [0.05, 0.1) is 16.9 Å². The van der Waals surface area contributed by atoms with Gasteiger partial charge in [0.2, 0.25) is 5.91 Å². The van der Waals surface area contributed by atoms with Crippen LogP contribution in [0.2, 0.25) is 5.02 Å². The van der Waals surface area contributed by atoms with Crippen molar-refractivity contribution in [3.63, 3.8) is 0 Å². The number of rotatable bonds is 8. The predicted octanol–water partition coefficient (Wildman–Crippen LogP) is 6.61. The van der Waals surface area contributed by atoms with Crippen LogP contribution < -0.4 is 4.74 Å². The van der Waals surface area contributed by atoms with Gasteiger partial charge < -0.3 is 14.7 Å². The summed E-state index contributed by atoms with van der Waals surface area (Å²) in [5.74, 6) is -1.24. The van der Waals surface area contributed by atoms with Crippen molar-refractivity contribution in [2.24, 2.45) is 0 Å². The van der Waals surface area contributed by atoms with Crippen molar-refractivity contribution < 1.29 is 32.6 Å². The Hall–Kier alpha value is -4.38. The van der Waals surface area contributed by atoms with Gasteiger partial charge in [-0.2, -0.15) is 18.3 Å². The fourth-order valence-corrected chi connectivity index (χ4v) is 5.25. The van der Waals surface area contributed by atoms with Crippen LogP contribution in [0.5, 0.6) is 5.75 Å². The van der Waals surface area contributed by atoms with Gasteiger partial charge in [-0.15, -0.1) is 0 Å². The summed E-state index contributed by atoms with van der Waals surface area (Å²) in [6, 6.07) is 17.3. The molecule has 2 aromatic carbocycles. The number of pyridine rings is 1. The minimum absolute atomic E-state index is 0.161. The molecule has 1 fully saturated rings. The lowest BCUT2D eigenvalue weighted by Gasteiger charge is -2.16. The summed E-state index contributed by atoms with van der Waals surface area (Å²) in [7, 11) is 0. The average Bonchev–Trinajstić information content (AvgIpc) is 3.65. The number of para-hydroxylation sites is 1. The number of alkyl halides is 3. The molecular weight excluding hydrogens is 573 g/mol. The molecule has 1 aliphatic heterocycles. The average molecular weight is 599 g/mol. The van der Waals surface area contributed by atoms with Crippen LogP contribution >= 0.6 is 11.6 Å². The number of aromatic nitrogens is 3. The molecule has 0 saturated carbocycles. The van der Waals surface area contributed by atoms with Crippen LogP contribution in [0, 0.1) is 0 Å². The van der Waals surface area contributed by atoms with Crippen LogP contribution in [0.1, 0.15) is 52.9 Å². The van der Waals surface area contributed by atoms with E-state index in [9.17, 15) is 27.9 Å². The van der Waals surface area contributed by atoms with Crippen LogP contribution in [0.3, 0.4) is 0 Å². The molecule has 0 aliphatic carbocycles. The van der Waals surface area contributed by atoms with E-state index in [0.717, 1.165) is 24.1 Å². The maximum Gasteiger partial charge on any atom is 0.434 e. The number of halogens is 4. The molecule has 218 valence electrons. The van der Waals surface area contributed by atoms with Crippen LogP contribution in [0.15, 0.2) is 66.9 Å². The van der Waals surface area contributed by atoms with E-state index in [4.69, 9.17) is 16.3 Å². The van der Waals surface area contributed by atoms with Crippen LogP contribution in [0.4, 0.5) is 13.2 Å².